The van der Waals surface area contributed by atoms with Gasteiger partial charge in [0, 0.05) is 24.2 Å². The van der Waals surface area contributed by atoms with Crippen LogP contribution in [0.4, 0.5) is 5.69 Å². The molecule has 0 fully saturated rings. The molecule has 0 radical (unpaired) electrons. The molecule has 0 aliphatic heterocycles. The van der Waals surface area contributed by atoms with Crippen molar-refractivity contribution in [2.45, 2.75) is 25.8 Å². The van der Waals surface area contributed by atoms with Crippen LogP contribution in [0, 0.1) is 0 Å². The number of anilines is 1. The number of carbonyl (C=O) groups excluding carboxylic acids is 1. The van der Waals surface area contributed by atoms with E-state index in [1.807, 2.05) is 6.07 Å². The van der Waals surface area contributed by atoms with Crippen LogP contribution >= 0.6 is 0 Å². The zero-order valence-electron chi connectivity index (χ0n) is 13.5. The van der Waals surface area contributed by atoms with Gasteiger partial charge in [-0.2, -0.15) is 0 Å². The van der Waals surface area contributed by atoms with E-state index < -0.39 is 0 Å². The van der Waals surface area contributed by atoms with E-state index in [0.717, 1.165) is 17.7 Å². The second-order valence-corrected chi connectivity index (χ2v) is 5.55. The van der Waals surface area contributed by atoms with Crippen LogP contribution in [0.25, 0.3) is 0 Å². The quantitative estimate of drug-likeness (QED) is 0.591. The number of carbonyl (C=O) groups is 1. The normalized spacial score (nSPS) is 11.5. The molecule has 2 rings (SSSR count). The van der Waals surface area contributed by atoms with Gasteiger partial charge in [0.2, 0.25) is 0 Å². The van der Waals surface area contributed by atoms with Crippen LogP contribution in [0.15, 0.2) is 67.3 Å². The fourth-order valence-corrected chi connectivity index (χ4v) is 2.40. The highest BCUT2D eigenvalue weighted by atomic mass is 16.5. The molecule has 0 spiro atoms. The first-order chi connectivity index (χ1) is 11.2. The van der Waals surface area contributed by atoms with Crippen molar-refractivity contribution in [1.82, 2.24) is 0 Å². The molecule has 0 saturated carbocycles. The molecule has 120 valence electrons. The van der Waals surface area contributed by atoms with E-state index in [1.165, 1.54) is 11.6 Å². The number of hydrogen-bond donors (Lipinski definition) is 1. The standard InChI is InChI=1S/C20H23NO2/c1-3-20(22)23-14-13-17-9-11-19(12-10-17)21-16(2)15-18-7-5-4-6-8-18/h3-12,16,21H,1,13-15H2,2H3. The fourth-order valence-electron chi connectivity index (χ4n) is 2.40. The Balaban J connectivity index is 1.80. The van der Waals surface area contributed by atoms with E-state index in [1.54, 1.807) is 0 Å². The maximum atomic E-state index is 11.0. The van der Waals surface area contributed by atoms with Gasteiger partial charge in [-0.05, 0) is 36.6 Å². The number of nitrogens with one attached hydrogen (secondary N) is 1. The molecular weight excluding hydrogens is 286 g/mol. The Bertz CT molecular complexity index is 620. The van der Waals surface area contributed by atoms with Gasteiger partial charge < -0.3 is 10.1 Å². The van der Waals surface area contributed by atoms with E-state index >= 15 is 0 Å². The second kappa shape index (κ2) is 8.79. The second-order valence-electron chi connectivity index (χ2n) is 5.55. The van der Waals surface area contributed by atoms with Crippen molar-refractivity contribution < 1.29 is 9.53 Å². The van der Waals surface area contributed by atoms with Gasteiger partial charge >= 0.3 is 5.97 Å². The Labute approximate surface area is 138 Å². The first-order valence-corrected chi connectivity index (χ1v) is 7.86. The van der Waals surface area contributed by atoms with Crippen LogP contribution in [-0.4, -0.2) is 18.6 Å². The van der Waals surface area contributed by atoms with Crippen LogP contribution in [0.1, 0.15) is 18.1 Å². The third-order valence-corrected chi connectivity index (χ3v) is 3.55. The molecule has 0 heterocycles. The van der Waals surface area contributed by atoms with Crippen LogP contribution in [0.2, 0.25) is 0 Å². The van der Waals surface area contributed by atoms with Crippen LogP contribution in [0.3, 0.4) is 0 Å². The molecule has 0 amide bonds. The molecule has 3 nitrogen and oxygen atoms in total. The lowest BCUT2D eigenvalue weighted by Gasteiger charge is -2.15. The molecule has 3 heteroatoms. The summed E-state index contributed by atoms with van der Waals surface area (Å²) in [6.45, 7) is 5.93. The summed E-state index contributed by atoms with van der Waals surface area (Å²) in [5, 5.41) is 3.50. The monoisotopic (exact) mass is 309 g/mol. The summed E-state index contributed by atoms with van der Waals surface area (Å²) >= 11 is 0. The predicted octanol–water partition coefficient (Wildman–Crippen LogP) is 4.00. The van der Waals surface area contributed by atoms with E-state index in [0.29, 0.717) is 19.1 Å². The molecule has 0 aliphatic rings. The Kier molecular flexibility index (Phi) is 6.42. The molecule has 0 aromatic heterocycles. The molecular formula is C20H23NO2. The Morgan fingerprint density at radius 3 is 2.48 bits per heavy atom. The van der Waals surface area contributed by atoms with Gasteiger partial charge in [-0.25, -0.2) is 4.79 Å². The Hall–Kier alpha value is -2.55. The van der Waals surface area contributed by atoms with Crippen molar-refractivity contribution >= 4 is 11.7 Å². The number of benzene rings is 2. The van der Waals surface area contributed by atoms with Crippen LogP contribution in [0.5, 0.6) is 0 Å². The maximum Gasteiger partial charge on any atom is 0.330 e. The molecule has 2 aromatic rings. The Morgan fingerprint density at radius 2 is 1.83 bits per heavy atom. The Morgan fingerprint density at radius 1 is 1.13 bits per heavy atom. The van der Waals surface area contributed by atoms with E-state index in [4.69, 9.17) is 4.74 Å². The fraction of sp³-hybridized carbons (Fsp3) is 0.250. The number of esters is 1. The smallest absolute Gasteiger partial charge is 0.330 e. The topological polar surface area (TPSA) is 38.3 Å². The molecule has 0 saturated heterocycles. The highest BCUT2D eigenvalue weighted by molar-refractivity contribution is 5.81. The summed E-state index contributed by atoms with van der Waals surface area (Å²) in [5.74, 6) is -0.377. The lowest BCUT2D eigenvalue weighted by molar-refractivity contribution is -0.137. The summed E-state index contributed by atoms with van der Waals surface area (Å²) in [4.78, 5) is 11.0. The number of ether oxygens (including phenoxy) is 1. The third-order valence-electron chi connectivity index (χ3n) is 3.55. The molecule has 1 atom stereocenters. The van der Waals surface area contributed by atoms with Crippen LogP contribution in [-0.2, 0) is 22.4 Å². The van der Waals surface area contributed by atoms with E-state index in [9.17, 15) is 4.79 Å². The van der Waals surface area contributed by atoms with Gasteiger partial charge in [-0.1, -0.05) is 49.0 Å². The molecule has 23 heavy (non-hydrogen) atoms. The summed E-state index contributed by atoms with van der Waals surface area (Å²) in [6.07, 6.45) is 2.88. The summed E-state index contributed by atoms with van der Waals surface area (Å²) in [6, 6.07) is 19.0. The molecule has 1 N–H and O–H groups in total. The minimum atomic E-state index is -0.377. The van der Waals surface area contributed by atoms with E-state index in [2.05, 4.69) is 67.4 Å². The van der Waals surface area contributed by atoms with Gasteiger partial charge in [0.05, 0.1) is 6.61 Å². The van der Waals surface area contributed by atoms with E-state index in [-0.39, 0.29) is 5.97 Å². The molecule has 2 aromatic carbocycles. The van der Waals surface area contributed by atoms with Crippen molar-refractivity contribution in [1.29, 1.82) is 0 Å². The number of rotatable bonds is 8. The highest BCUT2D eigenvalue weighted by Crippen LogP contribution is 2.13. The average Bonchev–Trinajstić information content (AvgIpc) is 2.57. The van der Waals surface area contributed by atoms with Crippen molar-refractivity contribution in [2.24, 2.45) is 0 Å². The lowest BCUT2D eigenvalue weighted by atomic mass is 10.1. The third kappa shape index (κ3) is 5.99. The average molecular weight is 309 g/mol. The zero-order chi connectivity index (χ0) is 16.5. The summed E-state index contributed by atoms with van der Waals surface area (Å²) in [7, 11) is 0. The van der Waals surface area contributed by atoms with Crippen molar-refractivity contribution in [3.8, 4) is 0 Å². The van der Waals surface area contributed by atoms with Gasteiger partial charge in [0.1, 0.15) is 0 Å². The summed E-state index contributed by atoms with van der Waals surface area (Å²) < 4.78 is 4.98. The SMILES string of the molecule is C=CC(=O)OCCc1ccc(NC(C)Cc2ccccc2)cc1. The van der Waals surface area contributed by atoms with Crippen molar-refractivity contribution in [3.63, 3.8) is 0 Å². The van der Waals surface area contributed by atoms with Gasteiger partial charge in [-0.15, -0.1) is 0 Å². The molecule has 0 aliphatic carbocycles. The van der Waals surface area contributed by atoms with Crippen molar-refractivity contribution in [3.05, 3.63) is 78.4 Å². The van der Waals surface area contributed by atoms with Crippen LogP contribution < -0.4 is 5.32 Å². The van der Waals surface area contributed by atoms with Gasteiger partial charge in [0.15, 0.2) is 0 Å². The number of hydrogen-bond acceptors (Lipinski definition) is 3. The van der Waals surface area contributed by atoms with Gasteiger partial charge in [0.25, 0.3) is 0 Å². The highest BCUT2D eigenvalue weighted by Gasteiger charge is 2.04. The summed E-state index contributed by atoms with van der Waals surface area (Å²) in [5.41, 5.74) is 3.57. The van der Waals surface area contributed by atoms with Gasteiger partial charge in [-0.3, -0.25) is 0 Å². The molecule has 1 unspecified atom stereocenters. The molecule has 0 bridgehead atoms. The first-order valence-electron chi connectivity index (χ1n) is 7.86. The maximum absolute atomic E-state index is 11.0. The first kappa shape index (κ1) is 16.8. The lowest BCUT2D eigenvalue weighted by Crippen LogP contribution is -2.17. The predicted molar refractivity (Wildman–Crippen MR) is 94.5 cm³/mol. The van der Waals surface area contributed by atoms with Crippen molar-refractivity contribution in [2.75, 3.05) is 11.9 Å². The zero-order valence-corrected chi connectivity index (χ0v) is 13.5. The minimum Gasteiger partial charge on any atom is -0.462 e. The largest absolute Gasteiger partial charge is 0.462 e. The minimum absolute atomic E-state index is 0.358.